The van der Waals surface area contributed by atoms with E-state index in [4.69, 9.17) is 27.9 Å². The normalized spacial score (nSPS) is 19.1. The summed E-state index contributed by atoms with van der Waals surface area (Å²) in [5, 5.41) is 1.25. The van der Waals surface area contributed by atoms with Crippen LogP contribution in [0.3, 0.4) is 0 Å². The van der Waals surface area contributed by atoms with E-state index in [0.29, 0.717) is 22.4 Å². The summed E-state index contributed by atoms with van der Waals surface area (Å²) in [5.74, 6) is -1.16. The maximum atomic E-state index is 14.8. The molecule has 10 heteroatoms. The van der Waals surface area contributed by atoms with Crippen molar-refractivity contribution in [3.05, 3.63) is 62.9 Å². The van der Waals surface area contributed by atoms with Gasteiger partial charge in [0.15, 0.2) is 0 Å². The van der Waals surface area contributed by atoms with Crippen molar-refractivity contribution in [2.75, 3.05) is 26.0 Å². The topological polar surface area (TPSA) is 75.7 Å². The van der Waals surface area contributed by atoms with Gasteiger partial charge in [-0.3, -0.25) is 9.69 Å². The fourth-order valence-corrected chi connectivity index (χ4v) is 5.67. The molecule has 1 N–H and O–H groups in total. The number of benzene rings is 2. The molecule has 6 nitrogen and oxygen atoms in total. The molecule has 1 aliphatic carbocycles. The number of sulfonamides is 1. The molecule has 4 rings (SSSR count). The molecule has 1 saturated heterocycles. The van der Waals surface area contributed by atoms with Gasteiger partial charge in [0.2, 0.25) is 10.0 Å². The number of rotatable bonds is 8. The number of ether oxygens (including phenoxy) is 1. The number of piperidine rings is 1. The minimum absolute atomic E-state index is 0.0914. The fraction of sp³-hybridized carbons (Fsp3) is 0.500. The lowest BCUT2D eigenvalue weighted by atomic mass is 9.80. The predicted octanol–water partition coefficient (Wildman–Crippen LogP) is 5.94. The zero-order valence-corrected chi connectivity index (χ0v) is 22.9. The van der Waals surface area contributed by atoms with Crippen molar-refractivity contribution in [2.45, 2.75) is 51.5 Å². The third-order valence-electron chi connectivity index (χ3n) is 7.14. The number of nitrogens with one attached hydrogen (secondary N) is 1. The van der Waals surface area contributed by atoms with Crippen LogP contribution in [0, 0.1) is 11.2 Å². The van der Waals surface area contributed by atoms with E-state index < -0.39 is 21.7 Å². The van der Waals surface area contributed by atoms with E-state index in [1.54, 1.807) is 6.07 Å². The van der Waals surface area contributed by atoms with Crippen LogP contribution in [0.5, 0.6) is 5.75 Å². The molecule has 0 radical (unpaired) electrons. The summed E-state index contributed by atoms with van der Waals surface area (Å²) in [6.45, 7) is 6.49. The van der Waals surface area contributed by atoms with Gasteiger partial charge in [-0.05, 0) is 87.0 Å². The molecule has 0 bridgehead atoms. The van der Waals surface area contributed by atoms with Crippen LogP contribution < -0.4 is 9.46 Å². The van der Waals surface area contributed by atoms with Gasteiger partial charge in [0.1, 0.15) is 11.6 Å². The standard InChI is InChI=1S/C26H31Cl2FN2O4S/c1-16(18-10-19(27)12-20(28)11-18)31-8-6-26(2,7-9-31)15-35-24-14-23(29)22(13-21(24)17-4-5-17)25(32)30-36(3,33)34/h10-14,16-17H,4-9,15H2,1-3H3,(H,30,32)/t16-/m1/s1. The molecule has 36 heavy (non-hydrogen) atoms. The quantitative estimate of drug-likeness (QED) is 0.435. The summed E-state index contributed by atoms with van der Waals surface area (Å²) in [5.41, 5.74) is 1.45. The van der Waals surface area contributed by atoms with Crippen molar-refractivity contribution in [1.82, 2.24) is 9.62 Å². The molecule has 1 atom stereocenters. The number of carbonyl (C=O) groups is 1. The lowest BCUT2D eigenvalue weighted by Crippen LogP contribution is -2.42. The molecule has 2 aromatic rings. The smallest absolute Gasteiger partial charge is 0.267 e. The van der Waals surface area contributed by atoms with Gasteiger partial charge in [0.05, 0.1) is 18.4 Å². The highest BCUT2D eigenvalue weighted by Crippen LogP contribution is 2.46. The summed E-state index contributed by atoms with van der Waals surface area (Å²) in [4.78, 5) is 14.7. The van der Waals surface area contributed by atoms with E-state index >= 15 is 0 Å². The van der Waals surface area contributed by atoms with E-state index in [9.17, 15) is 17.6 Å². The lowest BCUT2D eigenvalue weighted by Gasteiger charge is -2.42. The molecule has 1 amide bonds. The third kappa shape index (κ3) is 6.71. The highest BCUT2D eigenvalue weighted by atomic mass is 35.5. The first-order chi connectivity index (χ1) is 16.8. The van der Waals surface area contributed by atoms with Gasteiger partial charge < -0.3 is 4.74 Å². The highest BCUT2D eigenvalue weighted by Gasteiger charge is 2.35. The number of hydrogen-bond donors (Lipinski definition) is 1. The van der Waals surface area contributed by atoms with Gasteiger partial charge in [0, 0.05) is 27.6 Å². The van der Waals surface area contributed by atoms with Crippen molar-refractivity contribution in [1.29, 1.82) is 0 Å². The number of amides is 1. The molecule has 2 fully saturated rings. The molecule has 0 aromatic heterocycles. The average Bonchev–Trinajstić information content (AvgIpc) is 3.61. The Labute approximate surface area is 222 Å². The zero-order valence-electron chi connectivity index (χ0n) is 20.6. The van der Waals surface area contributed by atoms with Crippen molar-refractivity contribution < 1.29 is 22.3 Å². The molecule has 2 aromatic carbocycles. The summed E-state index contributed by atoms with van der Waals surface area (Å²) in [7, 11) is -3.80. The molecular formula is C26H31Cl2FN2O4S. The fourth-order valence-electron chi connectivity index (χ4n) is 4.68. The summed E-state index contributed by atoms with van der Waals surface area (Å²) < 4.78 is 45.6. The molecule has 0 unspecified atom stereocenters. The monoisotopic (exact) mass is 556 g/mol. The van der Waals surface area contributed by atoms with Crippen LogP contribution in [0.15, 0.2) is 30.3 Å². The van der Waals surface area contributed by atoms with Crippen LogP contribution in [0.25, 0.3) is 0 Å². The largest absolute Gasteiger partial charge is 0.493 e. The first-order valence-electron chi connectivity index (χ1n) is 12.0. The molecule has 1 heterocycles. The van der Waals surface area contributed by atoms with Crippen LogP contribution in [-0.2, 0) is 10.0 Å². The van der Waals surface area contributed by atoms with Crippen molar-refractivity contribution in [3.8, 4) is 5.75 Å². The molecule has 0 spiro atoms. The second kappa shape index (κ2) is 10.5. The van der Waals surface area contributed by atoms with Crippen LogP contribution in [-0.4, -0.2) is 45.2 Å². The second-order valence-corrected chi connectivity index (χ2v) is 13.0. The Morgan fingerprint density at radius 1 is 1.17 bits per heavy atom. The van der Waals surface area contributed by atoms with Gasteiger partial charge in [-0.15, -0.1) is 0 Å². The van der Waals surface area contributed by atoms with Crippen LogP contribution in [0.4, 0.5) is 4.39 Å². The van der Waals surface area contributed by atoms with Crippen molar-refractivity contribution in [2.24, 2.45) is 5.41 Å². The summed E-state index contributed by atoms with van der Waals surface area (Å²) >= 11 is 12.4. The van der Waals surface area contributed by atoms with Crippen LogP contribution >= 0.6 is 23.2 Å². The molecule has 2 aliphatic rings. The van der Waals surface area contributed by atoms with Gasteiger partial charge in [0.25, 0.3) is 5.91 Å². The van der Waals surface area contributed by atoms with Gasteiger partial charge in [-0.25, -0.2) is 17.5 Å². The van der Waals surface area contributed by atoms with E-state index in [-0.39, 0.29) is 22.9 Å². The zero-order chi connectivity index (χ0) is 26.3. The molecular weight excluding hydrogens is 526 g/mol. The Bertz CT molecular complexity index is 1240. The molecule has 1 aliphatic heterocycles. The Morgan fingerprint density at radius 3 is 2.33 bits per heavy atom. The van der Waals surface area contributed by atoms with Crippen molar-refractivity contribution >= 4 is 39.1 Å². The first kappa shape index (κ1) is 27.2. The minimum Gasteiger partial charge on any atom is -0.493 e. The van der Waals surface area contributed by atoms with E-state index in [1.807, 2.05) is 16.9 Å². The number of carbonyl (C=O) groups excluding carboxylic acids is 1. The van der Waals surface area contributed by atoms with Gasteiger partial charge in [-0.2, -0.15) is 0 Å². The van der Waals surface area contributed by atoms with Gasteiger partial charge in [-0.1, -0.05) is 30.1 Å². The van der Waals surface area contributed by atoms with E-state index in [2.05, 4.69) is 18.7 Å². The second-order valence-electron chi connectivity index (χ2n) is 10.4. The maximum absolute atomic E-state index is 14.8. The van der Waals surface area contributed by atoms with Gasteiger partial charge >= 0.3 is 0 Å². The Hall–Kier alpha value is -1.87. The van der Waals surface area contributed by atoms with Crippen molar-refractivity contribution in [3.63, 3.8) is 0 Å². The van der Waals surface area contributed by atoms with E-state index in [1.165, 1.54) is 12.1 Å². The summed E-state index contributed by atoms with van der Waals surface area (Å²) in [6, 6.07) is 8.45. The number of halogens is 3. The third-order valence-corrected chi connectivity index (χ3v) is 8.13. The number of nitrogens with zero attached hydrogens (tertiary/aromatic N) is 1. The summed E-state index contributed by atoms with van der Waals surface area (Å²) in [6.07, 6.45) is 4.52. The Morgan fingerprint density at radius 2 is 1.78 bits per heavy atom. The van der Waals surface area contributed by atoms with Crippen LogP contribution in [0.2, 0.25) is 10.0 Å². The predicted molar refractivity (Wildman–Crippen MR) is 140 cm³/mol. The Kier molecular flexibility index (Phi) is 7.91. The average molecular weight is 558 g/mol. The molecule has 196 valence electrons. The minimum atomic E-state index is -3.80. The maximum Gasteiger partial charge on any atom is 0.267 e. The van der Waals surface area contributed by atoms with E-state index in [0.717, 1.165) is 56.2 Å². The number of likely N-dealkylation sites (tertiary alicyclic amines) is 1. The SMILES string of the molecule is C[C@H](c1cc(Cl)cc(Cl)c1)N1CCC(C)(COc2cc(F)c(C(=O)NS(C)(=O)=O)cc2C2CC2)CC1. The lowest BCUT2D eigenvalue weighted by molar-refractivity contribution is 0.0510. The molecule has 1 saturated carbocycles. The van der Waals surface area contributed by atoms with Crippen LogP contribution in [0.1, 0.15) is 73.0 Å². The highest BCUT2D eigenvalue weighted by molar-refractivity contribution is 7.89. The Balaban J connectivity index is 1.42. The number of hydrogen-bond acceptors (Lipinski definition) is 5. The first-order valence-corrected chi connectivity index (χ1v) is 14.7.